The van der Waals surface area contributed by atoms with E-state index in [1.54, 1.807) is 73.1 Å². The van der Waals surface area contributed by atoms with E-state index in [0.717, 1.165) is 15.4 Å². The third-order valence-corrected chi connectivity index (χ3v) is 7.66. The van der Waals surface area contributed by atoms with Crippen LogP contribution in [-0.2, 0) is 27.8 Å². The molecule has 9 heteroatoms. The van der Waals surface area contributed by atoms with E-state index in [4.69, 9.17) is 0 Å². The van der Waals surface area contributed by atoms with Crippen LogP contribution in [-0.4, -0.2) is 31.8 Å². The minimum Gasteiger partial charge on any atom is -0.348 e. The average molecular weight is 529 g/mol. The lowest BCUT2D eigenvalue weighted by Gasteiger charge is -2.26. The molecule has 0 aliphatic rings. The highest BCUT2D eigenvalue weighted by Crippen LogP contribution is 2.28. The number of pyridine rings is 1. The minimum absolute atomic E-state index is 0.0777. The van der Waals surface area contributed by atoms with Gasteiger partial charge in [-0.3, -0.25) is 18.9 Å². The molecule has 8 nitrogen and oxygen atoms in total. The van der Waals surface area contributed by atoms with Gasteiger partial charge in [0.1, 0.15) is 6.54 Å². The van der Waals surface area contributed by atoms with Gasteiger partial charge in [0.2, 0.25) is 5.91 Å². The zero-order valence-corrected chi connectivity index (χ0v) is 21.7. The van der Waals surface area contributed by atoms with Gasteiger partial charge in [0.15, 0.2) is 0 Å². The summed E-state index contributed by atoms with van der Waals surface area (Å²) in [4.78, 5) is 30.3. The molecule has 1 aromatic heterocycles. The third kappa shape index (κ3) is 6.24. The van der Waals surface area contributed by atoms with Crippen LogP contribution in [0.1, 0.15) is 28.4 Å². The molecule has 4 aromatic rings. The summed E-state index contributed by atoms with van der Waals surface area (Å²) in [6, 6.07) is 25.3. The Labute approximate surface area is 222 Å². The number of nitrogens with one attached hydrogen (secondary N) is 2. The maximum absolute atomic E-state index is 13.7. The molecule has 38 heavy (non-hydrogen) atoms. The van der Waals surface area contributed by atoms with E-state index >= 15 is 0 Å². The maximum Gasteiger partial charge on any atom is 0.264 e. The Morgan fingerprint density at radius 1 is 0.868 bits per heavy atom. The number of nitrogens with zero attached hydrogens (tertiary/aromatic N) is 2. The number of hydrogen-bond acceptors (Lipinski definition) is 5. The lowest BCUT2D eigenvalue weighted by atomic mass is 10.1. The van der Waals surface area contributed by atoms with E-state index in [1.165, 1.54) is 12.1 Å². The van der Waals surface area contributed by atoms with Crippen LogP contribution in [0.2, 0.25) is 0 Å². The molecule has 2 N–H and O–H groups in total. The van der Waals surface area contributed by atoms with Crippen LogP contribution in [0.4, 0.5) is 11.4 Å². The number of benzene rings is 3. The van der Waals surface area contributed by atoms with Crippen LogP contribution >= 0.6 is 0 Å². The van der Waals surface area contributed by atoms with Crippen LogP contribution < -0.4 is 14.9 Å². The number of carbonyl (C=O) groups is 2. The van der Waals surface area contributed by atoms with Gasteiger partial charge in [-0.15, -0.1) is 0 Å². The highest BCUT2D eigenvalue weighted by molar-refractivity contribution is 7.92. The van der Waals surface area contributed by atoms with Gasteiger partial charge >= 0.3 is 0 Å². The summed E-state index contributed by atoms with van der Waals surface area (Å²) in [6.07, 6.45) is 3.89. The molecule has 0 fully saturated rings. The fraction of sp³-hybridized carbons (Fsp3) is 0.138. The number of aromatic nitrogens is 1. The Bertz CT molecular complexity index is 1510. The van der Waals surface area contributed by atoms with Gasteiger partial charge in [-0.1, -0.05) is 61.5 Å². The molecule has 2 amide bonds. The molecule has 0 radical (unpaired) electrons. The van der Waals surface area contributed by atoms with Crippen LogP contribution in [0, 0.1) is 0 Å². The quantitative estimate of drug-likeness (QED) is 0.317. The van der Waals surface area contributed by atoms with E-state index < -0.39 is 22.5 Å². The average Bonchev–Trinajstić information content (AvgIpc) is 2.96. The summed E-state index contributed by atoms with van der Waals surface area (Å²) in [6.45, 7) is 1.72. The number of para-hydroxylation sites is 2. The van der Waals surface area contributed by atoms with Gasteiger partial charge in [-0.2, -0.15) is 0 Å². The van der Waals surface area contributed by atoms with Crippen molar-refractivity contribution in [2.24, 2.45) is 0 Å². The van der Waals surface area contributed by atoms with Gasteiger partial charge in [-0.25, -0.2) is 8.42 Å². The molecule has 1 heterocycles. The molecule has 0 aliphatic carbocycles. The molecule has 0 unspecified atom stereocenters. The van der Waals surface area contributed by atoms with Crippen molar-refractivity contribution in [2.75, 3.05) is 16.2 Å². The number of amides is 2. The first-order valence-corrected chi connectivity index (χ1v) is 13.6. The summed E-state index contributed by atoms with van der Waals surface area (Å²) in [5, 5.41) is 5.55. The predicted molar refractivity (Wildman–Crippen MR) is 147 cm³/mol. The topological polar surface area (TPSA) is 108 Å². The summed E-state index contributed by atoms with van der Waals surface area (Å²) in [5.41, 5.74) is 2.59. The van der Waals surface area contributed by atoms with Gasteiger partial charge in [0.05, 0.1) is 21.8 Å². The first kappa shape index (κ1) is 26.6. The summed E-state index contributed by atoms with van der Waals surface area (Å²) in [5.74, 6) is -0.960. The van der Waals surface area contributed by atoms with Crippen molar-refractivity contribution in [1.82, 2.24) is 10.3 Å². The summed E-state index contributed by atoms with van der Waals surface area (Å²) >= 11 is 0. The van der Waals surface area contributed by atoms with Crippen LogP contribution in [0.3, 0.4) is 0 Å². The van der Waals surface area contributed by atoms with Crippen molar-refractivity contribution in [3.05, 3.63) is 120 Å². The first-order chi connectivity index (χ1) is 18.4. The van der Waals surface area contributed by atoms with E-state index in [-0.39, 0.29) is 28.6 Å². The molecular formula is C29H28N4O4S. The van der Waals surface area contributed by atoms with Crippen molar-refractivity contribution in [2.45, 2.75) is 24.8 Å². The van der Waals surface area contributed by atoms with E-state index in [2.05, 4.69) is 15.6 Å². The molecule has 194 valence electrons. The molecule has 4 rings (SSSR count). The van der Waals surface area contributed by atoms with Gasteiger partial charge < -0.3 is 10.6 Å². The van der Waals surface area contributed by atoms with Crippen molar-refractivity contribution in [3.63, 3.8) is 0 Å². The Morgan fingerprint density at radius 3 is 2.32 bits per heavy atom. The first-order valence-electron chi connectivity index (χ1n) is 12.1. The number of sulfonamides is 1. The monoisotopic (exact) mass is 528 g/mol. The molecule has 0 saturated heterocycles. The largest absolute Gasteiger partial charge is 0.348 e. The number of rotatable bonds is 10. The Kier molecular flexibility index (Phi) is 8.50. The van der Waals surface area contributed by atoms with Crippen LogP contribution in [0.25, 0.3) is 0 Å². The van der Waals surface area contributed by atoms with Crippen molar-refractivity contribution in [1.29, 1.82) is 0 Å². The van der Waals surface area contributed by atoms with Crippen LogP contribution in [0.15, 0.2) is 108 Å². The highest BCUT2D eigenvalue weighted by atomic mass is 32.2. The van der Waals surface area contributed by atoms with E-state index in [1.807, 2.05) is 25.1 Å². The molecule has 0 saturated carbocycles. The van der Waals surface area contributed by atoms with Gasteiger partial charge in [0.25, 0.3) is 15.9 Å². The van der Waals surface area contributed by atoms with Crippen LogP contribution in [0.5, 0.6) is 0 Å². The van der Waals surface area contributed by atoms with E-state index in [9.17, 15) is 18.0 Å². The zero-order chi connectivity index (χ0) is 27.0. The molecule has 0 aliphatic heterocycles. The Balaban J connectivity index is 1.58. The minimum atomic E-state index is -4.05. The van der Waals surface area contributed by atoms with Crippen molar-refractivity contribution in [3.8, 4) is 0 Å². The standard InChI is InChI=1S/C29H28N4O4S/c1-2-23-12-6-9-17-27(23)33(38(36,37)24-13-4-3-5-14-24)21-28(34)32-26-16-8-7-15-25(26)29(35)31-20-22-11-10-18-30-19-22/h3-19H,2,20-21H2,1H3,(H,31,35)(H,32,34). The number of aryl methyl sites for hydroxylation is 1. The summed E-state index contributed by atoms with van der Waals surface area (Å²) < 4.78 is 28.4. The predicted octanol–water partition coefficient (Wildman–Crippen LogP) is 4.41. The second-order valence-corrected chi connectivity index (χ2v) is 10.3. The third-order valence-electron chi connectivity index (χ3n) is 5.88. The molecule has 3 aromatic carbocycles. The zero-order valence-electron chi connectivity index (χ0n) is 20.9. The summed E-state index contributed by atoms with van der Waals surface area (Å²) in [7, 11) is -4.05. The SMILES string of the molecule is CCc1ccccc1N(CC(=O)Nc1ccccc1C(=O)NCc1cccnc1)S(=O)(=O)c1ccccc1. The molecule has 0 atom stereocenters. The lowest BCUT2D eigenvalue weighted by Crippen LogP contribution is -2.39. The fourth-order valence-corrected chi connectivity index (χ4v) is 5.44. The molecule has 0 bridgehead atoms. The maximum atomic E-state index is 13.7. The second kappa shape index (κ2) is 12.2. The smallest absolute Gasteiger partial charge is 0.264 e. The second-order valence-electron chi connectivity index (χ2n) is 8.44. The van der Waals surface area contributed by atoms with Gasteiger partial charge in [0, 0.05) is 18.9 Å². The normalized spacial score (nSPS) is 11.0. The molecular weight excluding hydrogens is 500 g/mol. The molecule has 0 spiro atoms. The number of anilines is 2. The van der Waals surface area contributed by atoms with Crippen molar-refractivity contribution >= 4 is 33.2 Å². The van der Waals surface area contributed by atoms with Crippen molar-refractivity contribution < 1.29 is 18.0 Å². The number of carbonyl (C=O) groups excluding carboxylic acids is 2. The highest BCUT2D eigenvalue weighted by Gasteiger charge is 2.28. The van der Waals surface area contributed by atoms with Gasteiger partial charge in [-0.05, 0) is 53.9 Å². The van der Waals surface area contributed by atoms with E-state index in [0.29, 0.717) is 12.1 Å². The Hall–Kier alpha value is -4.50. The fourth-order valence-electron chi connectivity index (χ4n) is 3.96. The lowest BCUT2D eigenvalue weighted by molar-refractivity contribution is -0.114. The Morgan fingerprint density at radius 2 is 1.58 bits per heavy atom. The number of hydrogen-bond donors (Lipinski definition) is 2.